The fourth-order valence-corrected chi connectivity index (χ4v) is 7.19. The summed E-state index contributed by atoms with van der Waals surface area (Å²) in [6, 6.07) is 16.3. The molecule has 2 aliphatic rings. The maximum atomic E-state index is 13.2. The average Bonchev–Trinajstić information content (AvgIpc) is 3.03. The third-order valence-electron chi connectivity index (χ3n) is 7.78. The first-order valence-corrected chi connectivity index (χ1v) is 16.0. The highest BCUT2D eigenvalue weighted by atomic mass is 35.5. The van der Waals surface area contributed by atoms with Gasteiger partial charge in [-0.25, -0.2) is 13.4 Å². The van der Waals surface area contributed by atoms with Crippen molar-refractivity contribution in [2.45, 2.75) is 37.0 Å². The molecule has 1 fully saturated rings. The van der Waals surface area contributed by atoms with Crippen LogP contribution in [0.25, 0.3) is 0 Å². The highest BCUT2D eigenvalue weighted by Crippen LogP contribution is 2.31. The standard InChI is InChI=1S/C31H30ClN7O3S/c32-27-20-35-31-37-26-15-22(18-34-19-26)5-6-23-16-25(36-30(27)38-31)7-8-28(23)42-14-11-21-9-12-39(13-10-21)43(40,41)29-4-2-1-3-24(29)17-33/h1-4,7-8,15-16,18-21H,5-6,9-14H2,(H2,35,36,37,38). The van der Waals surface area contributed by atoms with Gasteiger partial charge in [0.15, 0.2) is 5.82 Å². The Morgan fingerprint density at radius 1 is 1.02 bits per heavy atom. The monoisotopic (exact) mass is 615 g/mol. The molecule has 0 amide bonds. The Kier molecular flexibility index (Phi) is 8.42. The molecule has 4 heterocycles. The van der Waals surface area contributed by atoms with E-state index in [4.69, 9.17) is 16.3 Å². The van der Waals surface area contributed by atoms with Gasteiger partial charge in [0.25, 0.3) is 0 Å². The lowest BCUT2D eigenvalue weighted by Crippen LogP contribution is -2.39. The van der Waals surface area contributed by atoms with Gasteiger partial charge in [0.2, 0.25) is 16.0 Å². The molecule has 2 N–H and O–H groups in total. The molecule has 0 atom stereocenters. The van der Waals surface area contributed by atoms with Crippen LogP contribution in [0.2, 0.25) is 5.02 Å². The van der Waals surface area contributed by atoms with E-state index in [-0.39, 0.29) is 10.5 Å². The van der Waals surface area contributed by atoms with Crippen molar-refractivity contribution in [3.8, 4) is 11.8 Å². The van der Waals surface area contributed by atoms with Gasteiger partial charge < -0.3 is 15.4 Å². The number of nitriles is 1. The average molecular weight is 616 g/mol. The first-order chi connectivity index (χ1) is 20.9. The van der Waals surface area contributed by atoms with Crippen molar-refractivity contribution in [1.82, 2.24) is 19.3 Å². The van der Waals surface area contributed by atoms with Crippen molar-refractivity contribution < 1.29 is 13.2 Å². The summed E-state index contributed by atoms with van der Waals surface area (Å²) in [7, 11) is -3.71. The zero-order chi connectivity index (χ0) is 29.8. The number of halogens is 1. The highest BCUT2D eigenvalue weighted by molar-refractivity contribution is 7.89. The Morgan fingerprint density at radius 3 is 2.70 bits per heavy atom. The molecule has 6 rings (SSSR count). The molecular formula is C31H30ClN7O3S. The van der Waals surface area contributed by atoms with Gasteiger partial charge in [-0.1, -0.05) is 23.7 Å². The number of nitrogens with zero attached hydrogens (tertiary/aromatic N) is 5. The van der Waals surface area contributed by atoms with Gasteiger partial charge in [-0.3, -0.25) is 4.98 Å². The quantitative estimate of drug-likeness (QED) is 0.274. The fraction of sp³-hybridized carbons (Fsp3) is 0.290. The van der Waals surface area contributed by atoms with Crippen LogP contribution < -0.4 is 15.4 Å². The summed E-state index contributed by atoms with van der Waals surface area (Å²) in [6.07, 6.45) is 8.95. The Morgan fingerprint density at radius 2 is 1.86 bits per heavy atom. The largest absolute Gasteiger partial charge is 0.493 e. The molecule has 1 saturated heterocycles. The molecule has 0 aliphatic carbocycles. The number of sulfonamides is 1. The molecule has 6 bridgehead atoms. The van der Waals surface area contributed by atoms with Crippen LogP contribution in [0.3, 0.4) is 0 Å². The second-order valence-electron chi connectivity index (χ2n) is 10.6. The predicted octanol–water partition coefficient (Wildman–Crippen LogP) is 5.85. The zero-order valence-corrected chi connectivity index (χ0v) is 24.9. The first kappa shape index (κ1) is 28.9. The SMILES string of the molecule is N#Cc1ccccc1S(=O)(=O)N1CCC(CCOc2ccc3cc2CCc2cncc(c2)Nc2ncc(Cl)c(n2)N3)CC1. The summed E-state index contributed by atoms with van der Waals surface area (Å²) in [6.45, 7) is 1.37. The molecule has 0 spiro atoms. The molecule has 43 heavy (non-hydrogen) atoms. The van der Waals surface area contributed by atoms with Crippen LogP contribution in [0.5, 0.6) is 5.75 Å². The van der Waals surface area contributed by atoms with E-state index >= 15 is 0 Å². The summed E-state index contributed by atoms with van der Waals surface area (Å²) in [5, 5.41) is 16.3. The summed E-state index contributed by atoms with van der Waals surface area (Å²) in [4.78, 5) is 13.3. The van der Waals surface area contributed by atoms with Crippen molar-refractivity contribution in [2.75, 3.05) is 30.3 Å². The molecule has 0 radical (unpaired) electrons. The van der Waals surface area contributed by atoms with Crippen molar-refractivity contribution in [3.05, 3.63) is 88.8 Å². The molecule has 220 valence electrons. The number of benzene rings is 2. The first-order valence-electron chi connectivity index (χ1n) is 14.1. The number of fused-ring (bicyclic) bond motifs is 6. The Labute approximate surface area is 255 Å². The van der Waals surface area contributed by atoms with Crippen molar-refractivity contribution >= 4 is 44.8 Å². The second-order valence-corrected chi connectivity index (χ2v) is 13.0. The summed E-state index contributed by atoms with van der Waals surface area (Å²) >= 11 is 6.38. The third-order valence-corrected chi connectivity index (χ3v) is 10.0. The zero-order valence-electron chi connectivity index (χ0n) is 23.3. The normalized spacial score (nSPS) is 15.5. The predicted molar refractivity (Wildman–Crippen MR) is 164 cm³/mol. The van der Waals surface area contributed by atoms with Crippen LogP contribution in [0.1, 0.15) is 36.0 Å². The minimum atomic E-state index is -3.71. The third kappa shape index (κ3) is 6.57. The molecule has 2 aliphatic heterocycles. The van der Waals surface area contributed by atoms with Crippen molar-refractivity contribution in [2.24, 2.45) is 5.92 Å². The molecule has 0 saturated carbocycles. The molecule has 10 nitrogen and oxygen atoms in total. The molecule has 2 aromatic heterocycles. The van der Waals surface area contributed by atoms with E-state index in [0.29, 0.717) is 42.4 Å². The van der Waals surface area contributed by atoms with E-state index < -0.39 is 10.0 Å². The number of ether oxygens (including phenoxy) is 1. The number of piperidine rings is 1. The number of pyridine rings is 1. The van der Waals surface area contributed by atoms with Crippen LogP contribution in [0.15, 0.2) is 72.0 Å². The molecule has 2 aromatic carbocycles. The number of anilines is 4. The number of hydrogen-bond acceptors (Lipinski definition) is 9. The van der Waals surface area contributed by atoms with E-state index in [2.05, 4.69) is 31.7 Å². The van der Waals surface area contributed by atoms with Gasteiger partial charge in [-0.05, 0) is 85.5 Å². The minimum absolute atomic E-state index is 0.0764. The summed E-state index contributed by atoms with van der Waals surface area (Å²) < 4.78 is 34.2. The maximum absolute atomic E-state index is 13.2. The number of hydrogen-bond donors (Lipinski definition) is 2. The Bertz CT molecular complexity index is 1790. The fourth-order valence-electron chi connectivity index (χ4n) is 5.44. The lowest BCUT2D eigenvalue weighted by atomic mass is 9.95. The van der Waals surface area contributed by atoms with E-state index in [1.165, 1.54) is 16.4 Å². The lowest BCUT2D eigenvalue weighted by Gasteiger charge is -2.31. The molecular weight excluding hydrogens is 586 g/mol. The second kappa shape index (κ2) is 12.6. The van der Waals surface area contributed by atoms with Crippen molar-refractivity contribution in [1.29, 1.82) is 5.26 Å². The van der Waals surface area contributed by atoms with E-state index in [1.54, 1.807) is 24.5 Å². The Balaban J connectivity index is 1.11. The smallest absolute Gasteiger partial charge is 0.244 e. The van der Waals surface area contributed by atoms with Crippen LogP contribution in [0.4, 0.5) is 23.1 Å². The highest BCUT2D eigenvalue weighted by Gasteiger charge is 2.31. The number of rotatable bonds is 6. The van der Waals surface area contributed by atoms with E-state index in [0.717, 1.165) is 60.4 Å². The van der Waals surface area contributed by atoms with Gasteiger partial charge in [0.1, 0.15) is 16.8 Å². The topological polar surface area (TPSA) is 133 Å². The summed E-state index contributed by atoms with van der Waals surface area (Å²) in [5.74, 6) is 2.07. The van der Waals surface area contributed by atoms with E-state index in [1.807, 2.05) is 30.5 Å². The van der Waals surface area contributed by atoms with Crippen LogP contribution in [0, 0.1) is 17.2 Å². The van der Waals surface area contributed by atoms with Gasteiger partial charge in [0.05, 0.1) is 35.1 Å². The summed E-state index contributed by atoms with van der Waals surface area (Å²) in [5.41, 5.74) is 3.92. The maximum Gasteiger partial charge on any atom is 0.244 e. The van der Waals surface area contributed by atoms with Gasteiger partial charge in [-0.2, -0.15) is 14.6 Å². The van der Waals surface area contributed by atoms with Crippen molar-refractivity contribution in [3.63, 3.8) is 0 Å². The number of aryl methyl sites for hydroxylation is 2. The lowest BCUT2D eigenvalue weighted by molar-refractivity contribution is 0.218. The molecule has 4 aromatic rings. The van der Waals surface area contributed by atoms with Crippen LogP contribution in [-0.2, 0) is 22.9 Å². The van der Waals surface area contributed by atoms with Gasteiger partial charge in [-0.15, -0.1) is 0 Å². The van der Waals surface area contributed by atoms with Crippen LogP contribution >= 0.6 is 11.6 Å². The van der Waals surface area contributed by atoms with Crippen LogP contribution in [-0.4, -0.2) is 47.4 Å². The number of aromatic nitrogens is 3. The van der Waals surface area contributed by atoms with Gasteiger partial charge in [0, 0.05) is 25.0 Å². The minimum Gasteiger partial charge on any atom is -0.493 e. The number of nitrogens with one attached hydrogen (secondary N) is 2. The molecule has 0 unspecified atom stereocenters. The van der Waals surface area contributed by atoms with Gasteiger partial charge >= 0.3 is 0 Å². The molecule has 12 heteroatoms. The Hall–Kier alpha value is -4.24. The van der Waals surface area contributed by atoms with E-state index in [9.17, 15) is 13.7 Å².